The van der Waals surface area contributed by atoms with Crippen molar-refractivity contribution >= 4 is 43.6 Å². The lowest BCUT2D eigenvalue weighted by molar-refractivity contribution is 0.669. The van der Waals surface area contributed by atoms with Crippen molar-refractivity contribution in [1.82, 2.24) is 19.9 Å². The summed E-state index contributed by atoms with van der Waals surface area (Å²) in [6.45, 7) is 0. The van der Waals surface area contributed by atoms with Crippen molar-refractivity contribution in [2.75, 3.05) is 0 Å². The first-order valence-corrected chi connectivity index (χ1v) is 23.2. The first-order chi connectivity index (χ1) is 34.2. The molecule has 10 aromatic carbocycles. The Morgan fingerprint density at radius 2 is 0.667 bits per heavy atom. The van der Waals surface area contributed by atoms with Gasteiger partial charge in [0.05, 0.1) is 11.2 Å². The molecule has 3 aromatic heterocycles. The zero-order valence-corrected chi connectivity index (χ0v) is 37.3. The Bertz CT molecular complexity index is 3960. The second kappa shape index (κ2) is 16.8. The molecule has 0 spiro atoms. The van der Waals surface area contributed by atoms with E-state index in [1.54, 1.807) is 0 Å². The van der Waals surface area contributed by atoms with Gasteiger partial charge < -0.3 is 4.42 Å². The molecule has 0 aliphatic carbocycles. The molecule has 0 aliphatic rings. The molecule has 0 amide bonds. The van der Waals surface area contributed by atoms with E-state index in [1.165, 1.54) is 5.56 Å². The lowest BCUT2D eigenvalue weighted by Gasteiger charge is -2.16. The number of furan rings is 1. The molecule has 0 N–H and O–H groups in total. The predicted molar refractivity (Wildman–Crippen MR) is 283 cm³/mol. The van der Waals surface area contributed by atoms with Crippen molar-refractivity contribution in [3.05, 3.63) is 243 Å². The van der Waals surface area contributed by atoms with Gasteiger partial charge in [-0.2, -0.15) is 0 Å². The average molecular weight is 881 g/mol. The second-order valence-corrected chi connectivity index (χ2v) is 17.3. The lowest BCUT2D eigenvalue weighted by atomic mass is 9.89. The van der Waals surface area contributed by atoms with Crippen LogP contribution in [0.5, 0.6) is 0 Å². The highest BCUT2D eigenvalue weighted by molar-refractivity contribution is 6.27. The summed E-state index contributed by atoms with van der Waals surface area (Å²) >= 11 is 0. The monoisotopic (exact) mass is 880 g/mol. The van der Waals surface area contributed by atoms with E-state index in [4.69, 9.17) is 24.4 Å². The molecule has 3 heterocycles. The Morgan fingerprint density at radius 3 is 1.28 bits per heavy atom. The van der Waals surface area contributed by atoms with Crippen LogP contribution in [0.3, 0.4) is 0 Å². The van der Waals surface area contributed by atoms with Gasteiger partial charge in [-0.15, -0.1) is 0 Å². The fourth-order valence-corrected chi connectivity index (χ4v) is 9.76. The minimum Gasteiger partial charge on any atom is -0.456 e. The van der Waals surface area contributed by atoms with Gasteiger partial charge >= 0.3 is 0 Å². The van der Waals surface area contributed by atoms with Gasteiger partial charge in [0, 0.05) is 54.7 Å². The number of hydrogen-bond acceptors (Lipinski definition) is 5. The van der Waals surface area contributed by atoms with Crippen LogP contribution in [0.2, 0.25) is 0 Å². The zero-order chi connectivity index (χ0) is 45.7. The highest BCUT2D eigenvalue weighted by Crippen LogP contribution is 2.47. The Morgan fingerprint density at radius 1 is 0.246 bits per heavy atom. The summed E-state index contributed by atoms with van der Waals surface area (Å²) in [4.78, 5) is 21.0. The van der Waals surface area contributed by atoms with E-state index in [0.717, 1.165) is 111 Å². The van der Waals surface area contributed by atoms with Gasteiger partial charge in [-0.3, -0.25) is 0 Å². The third-order valence-electron chi connectivity index (χ3n) is 13.1. The number of benzene rings is 10. The van der Waals surface area contributed by atoms with Crippen LogP contribution in [-0.2, 0) is 0 Å². The van der Waals surface area contributed by atoms with Crippen molar-refractivity contribution < 1.29 is 4.42 Å². The van der Waals surface area contributed by atoms with Gasteiger partial charge in [0.25, 0.3) is 0 Å². The summed E-state index contributed by atoms with van der Waals surface area (Å²) in [7, 11) is 0. The molecule has 13 aromatic rings. The van der Waals surface area contributed by atoms with Crippen molar-refractivity contribution in [2.24, 2.45) is 0 Å². The van der Waals surface area contributed by atoms with Crippen LogP contribution in [0.4, 0.5) is 0 Å². The molecule has 0 aliphatic heterocycles. The maximum atomic E-state index is 6.72. The Hall–Kier alpha value is -9.32. The highest BCUT2D eigenvalue weighted by Gasteiger charge is 2.22. The van der Waals surface area contributed by atoms with E-state index in [1.807, 2.05) is 60.7 Å². The molecular weight excluding hydrogens is 841 g/mol. The molecule has 5 nitrogen and oxygen atoms in total. The molecule has 5 heteroatoms. The standard InChI is InChI=1S/C64H40N4O/c1-5-17-41(18-6-1)44-29-33-46(34-30-44)61-54-40-57-60(53-26-14-16-28-56(53)69-57)58(59(54)52-25-13-15-27-55(52)65-61)45-31-35-48(36-32-45)63-66-62(47-23-11-4-12-24-47)67-64(68-63)51-38-49(42-19-7-2-8-20-42)37-50(39-51)43-21-9-3-10-22-43/h1-40H. The Labute approximate surface area is 398 Å². The lowest BCUT2D eigenvalue weighted by Crippen LogP contribution is -2.00. The maximum absolute atomic E-state index is 6.72. The van der Waals surface area contributed by atoms with Crippen molar-refractivity contribution in [3.63, 3.8) is 0 Å². The van der Waals surface area contributed by atoms with Gasteiger partial charge in [-0.25, -0.2) is 19.9 Å². The summed E-state index contributed by atoms with van der Waals surface area (Å²) in [6, 6.07) is 84.6. The number of aromatic nitrogens is 4. The van der Waals surface area contributed by atoms with Crippen molar-refractivity contribution in [2.45, 2.75) is 0 Å². The number of para-hydroxylation sites is 2. The molecule has 322 valence electrons. The van der Waals surface area contributed by atoms with Crippen molar-refractivity contribution in [3.8, 4) is 89.9 Å². The smallest absolute Gasteiger partial charge is 0.164 e. The normalized spacial score (nSPS) is 11.5. The molecule has 0 bridgehead atoms. The summed E-state index contributed by atoms with van der Waals surface area (Å²) < 4.78 is 6.72. The van der Waals surface area contributed by atoms with Gasteiger partial charge in [0.1, 0.15) is 11.2 Å². The number of hydrogen-bond donors (Lipinski definition) is 0. The largest absolute Gasteiger partial charge is 0.456 e. The molecular formula is C64H40N4O. The van der Waals surface area contributed by atoms with Gasteiger partial charge in [0.15, 0.2) is 17.5 Å². The molecule has 0 radical (unpaired) electrons. The quantitative estimate of drug-likeness (QED) is 0.142. The Kier molecular flexibility index (Phi) is 9.76. The van der Waals surface area contributed by atoms with Crippen LogP contribution in [0, 0.1) is 0 Å². The van der Waals surface area contributed by atoms with Crippen molar-refractivity contribution in [1.29, 1.82) is 0 Å². The fraction of sp³-hybridized carbons (Fsp3) is 0. The third kappa shape index (κ3) is 7.30. The maximum Gasteiger partial charge on any atom is 0.164 e. The first kappa shape index (κ1) is 40.0. The van der Waals surface area contributed by atoms with Crippen LogP contribution in [0.15, 0.2) is 247 Å². The molecule has 0 saturated heterocycles. The minimum absolute atomic E-state index is 0.587. The molecule has 0 saturated carbocycles. The third-order valence-corrected chi connectivity index (χ3v) is 13.1. The van der Waals surface area contributed by atoms with E-state index in [9.17, 15) is 0 Å². The highest BCUT2D eigenvalue weighted by atomic mass is 16.3. The number of rotatable bonds is 8. The topological polar surface area (TPSA) is 64.7 Å². The second-order valence-electron chi connectivity index (χ2n) is 17.3. The van der Waals surface area contributed by atoms with E-state index in [2.05, 4.69) is 182 Å². The molecule has 0 unspecified atom stereocenters. The number of nitrogens with zero attached hydrogens (tertiary/aromatic N) is 4. The molecule has 13 rings (SSSR count). The minimum atomic E-state index is 0.587. The summed E-state index contributed by atoms with van der Waals surface area (Å²) in [5, 5.41) is 5.34. The first-order valence-electron chi connectivity index (χ1n) is 23.2. The number of fused-ring (bicyclic) bond motifs is 6. The number of pyridine rings is 1. The SMILES string of the molecule is c1ccc(-c2ccc(-c3nc4ccccc4c4c(-c5ccc(-c6nc(-c7ccccc7)nc(-c7cc(-c8ccccc8)cc(-c8ccccc8)c7)n6)cc5)c5c(cc34)oc3ccccc35)cc2)cc1. The fourth-order valence-electron chi connectivity index (χ4n) is 9.76. The Balaban J connectivity index is 1.00. The van der Waals surface area contributed by atoms with E-state index >= 15 is 0 Å². The van der Waals surface area contributed by atoms with Crippen LogP contribution in [0.25, 0.3) is 134 Å². The molecule has 0 fully saturated rings. The van der Waals surface area contributed by atoms with Crippen LogP contribution in [-0.4, -0.2) is 19.9 Å². The van der Waals surface area contributed by atoms with Gasteiger partial charge in [0.2, 0.25) is 0 Å². The van der Waals surface area contributed by atoms with Crippen LogP contribution in [0.1, 0.15) is 0 Å². The average Bonchev–Trinajstić information content (AvgIpc) is 3.81. The van der Waals surface area contributed by atoms with Crippen LogP contribution < -0.4 is 0 Å². The summed E-state index contributed by atoms with van der Waals surface area (Å²) in [5.74, 6) is 1.79. The van der Waals surface area contributed by atoms with E-state index < -0.39 is 0 Å². The summed E-state index contributed by atoms with van der Waals surface area (Å²) in [5.41, 5.74) is 16.1. The van der Waals surface area contributed by atoms with Gasteiger partial charge in [-0.1, -0.05) is 206 Å². The summed E-state index contributed by atoms with van der Waals surface area (Å²) in [6.07, 6.45) is 0. The van der Waals surface area contributed by atoms with Gasteiger partial charge in [-0.05, 0) is 75.3 Å². The molecule has 69 heavy (non-hydrogen) atoms. The zero-order valence-electron chi connectivity index (χ0n) is 37.3. The van der Waals surface area contributed by atoms with Crippen LogP contribution >= 0.6 is 0 Å². The van der Waals surface area contributed by atoms with E-state index in [0.29, 0.717) is 17.5 Å². The predicted octanol–water partition coefficient (Wildman–Crippen LogP) is 16.8. The molecule has 0 atom stereocenters. The van der Waals surface area contributed by atoms with E-state index in [-0.39, 0.29) is 0 Å².